The van der Waals surface area contributed by atoms with Gasteiger partial charge in [-0.3, -0.25) is 0 Å². The largest absolute Gasteiger partial charge is 0.504 e. The molecule has 0 saturated heterocycles. The van der Waals surface area contributed by atoms with Crippen LogP contribution in [-0.4, -0.2) is 22.9 Å². The molecule has 0 amide bonds. The molecule has 0 aliphatic rings. The van der Waals surface area contributed by atoms with Crippen molar-refractivity contribution in [3.8, 4) is 11.5 Å². The fourth-order valence-corrected chi connectivity index (χ4v) is 1.28. The Kier molecular flexibility index (Phi) is 4.38. The third-order valence-electron chi connectivity index (χ3n) is 2.34. The SMILES string of the molecule is CCOc1cc(/C=C(/C)C(C)O)ccc1O. The van der Waals surface area contributed by atoms with Crippen LogP contribution in [0, 0.1) is 0 Å². The molecular formula is C13H18O3. The standard InChI is InChI=1S/C13H18O3/c1-4-16-13-8-11(5-6-12(13)15)7-9(2)10(3)14/h5-8,10,14-15H,4H2,1-3H3/b9-7-. The summed E-state index contributed by atoms with van der Waals surface area (Å²) in [6, 6.07) is 5.13. The Hall–Kier alpha value is -1.48. The van der Waals surface area contributed by atoms with Gasteiger partial charge < -0.3 is 14.9 Å². The highest BCUT2D eigenvalue weighted by atomic mass is 16.5. The predicted octanol–water partition coefficient (Wildman–Crippen LogP) is 2.58. The maximum atomic E-state index is 9.51. The molecule has 0 fully saturated rings. The molecule has 0 bridgehead atoms. The lowest BCUT2D eigenvalue weighted by atomic mass is 10.1. The number of ether oxygens (including phenoxy) is 1. The van der Waals surface area contributed by atoms with Crippen LogP contribution in [0.15, 0.2) is 23.8 Å². The molecule has 1 rings (SSSR count). The summed E-state index contributed by atoms with van der Waals surface area (Å²) in [4.78, 5) is 0. The van der Waals surface area contributed by atoms with Gasteiger partial charge in [0.25, 0.3) is 0 Å². The van der Waals surface area contributed by atoms with Crippen LogP contribution in [-0.2, 0) is 0 Å². The van der Waals surface area contributed by atoms with Gasteiger partial charge in [-0.2, -0.15) is 0 Å². The molecule has 0 radical (unpaired) electrons. The quantitative estimate of drug-likeness (QED) is 0.823. The van der Waals surface area contributed by atoms with E-state index >= 15 is 0 Å². The highest BCUT2D eigenvalue weighted by molar-refractivity contribution is 5.58. The maximum Gasteiger partial charge on any atom is 0.161 e. The van der Waals surface area contributed by atoms with Crippen LogP contribution in [0.3, 0.4) is 0 Å². The lowest BCUT2D eigenvalue weighted by molar-refractivity contribution is 0.232. The van der Waals surface area contributed by atoms with Crippen molar-refractivity contribution in [1.82, 2.24) is 0 Å². The van der Waals surface area contributed by atoms with E-state index in [1.165, 1.54) is 0 Å². The lowest BCUT2D eigenvalue weighted by Gasteiger charge is -2.08. The molecule has 1 aromatic rings. The predicted molar refractivity (Wildman–Crippen MR) is 64.6 cm³/mol. The zero-order valence-corrected chi connectivity index (χ0v) is 9.90. The summed E-state index contributed by atoms with van der Waals surface area (Å²) >= 11 is 0. The second-order valence-electron chi connectivity index (χ2n) is 3.72. The van der Waals surface area contributed by atoms with Gasteiger partial charge >= 0.3 is 0 Å². The average molecular weight is 222 g/mol. The molecule has 88 valence electrons. The van der Waals surface area contributed by atoms with Gasteiger partial charge in [-0.1, -0.05) is 12.1 Å². The number of aliphatic hydroxyl groups is 1. The molecule has 2 N–H and O–H groups in total. The van der Waals surface area contributed by atoms with Crippen LogP contribution >= 0.6 is 0 Å². The number of aliphatic hydroxyl groups excluding tert-OH is 1. The Morgan fingerprint density at radius 3 is 2.75 bits per heavy atom. The first-order valence-electron chi connectivity index (χ1n) is 5.36. The van der Waals surface area contributed by atoms with Crippen molar-refractivity contribution in [1.29, 1.82) is 0 Å². The molecule has 0 heterocycles. The van der Waals surface area contributed by atoms with E-state index in [0.717, 1.165) is 11.1 Å². The van der Waals surface area contributed by atoms with Crippen molar-refractivity contribution < 1.29 is 14.9 Å². The molecule has 0 aliphatic heterocycles. The minimum Gasteiger partial charge on any atom is -0.504 e. The summed E-state index contributed by atoms with van der Waals surface area (Å²) in [5, 5.41) is 18.9. The fourth-order valence-electron chi connectivity index (χ4n) is 1.28. The van der Waals surface area contributed by atoms with Gasteiger partial charge in [-0.25, -0.2) is 0 Å². The first-order valence-corrected chi connectivity index (χ1v) is 5.36. The number of hydrogen-bond donors (Lipinski definition) is 2. The van der Waals surface area contributed by atoms with Gasteiger partial charge in [0.1, 0.15) is 0 Å². The van der Waals surface area contributed by atoms with E-state index in [2.05, 4.69) is 0 Å². The number of phenols is 1. The van der Waals surface area contributed by atoms with Crippen LogP contribution in [0.4, 0.5) is 0 Å². The molecule has 1 atom stereocenters. The minimum atomic E-state index is -0.468. The van der Waals surface area contributed by atoms with Crippen molar-refractivity contribution in [3.63, 3.8) is 0 Å². The van der Waals surface area contributed by atoms with Crippen LogP contribution in [0.5, 0.6) is 11.5 Å². The number of rotatable bonds is 4. The van der Waals surface area contributed by atoms with Crippen molar-refractivity contribution in [2.24, 2.45) is 0 Å². The summed E-state index contributed by atoms with van der Waals surface area (Å²) in [6.45, 7) is 5.95. The van der Waals surface area contributed by atoms with Gasteiger partial charge in [0, 0.05) is 0 Å². The van der Waals surface area contributed by atoms with Gasteiger partial charge in [0.15, 0.2) is 11.5 Å². The third-order valence-corrected chi connectivity index (χ3v) is 2.34. The highest BCUT2D eigenvalue weighted by Gasteiger charge is 2.03. The Morgan fingerprint density at radius 2 is 2.19 bits per heavy atom. The number of phenolic OH excluding ortho intramolecular Hbond substituents is 1. The zero-order valence-electron chi connectivity index (χ0n) is 9.90. The van der Waals surface area contributed by atoms with E-state index < -0.39 is 6.10 Å². The van der Waals surface area contributed by atoms with Gasteiger partial charge in [0.2, 0.25) is 0 Å². The monoisotopic (exact) mass is 222 g/mol. The molecule has 0 spiro atoms. The molecule has 1 unspecified atom stereocenters. The van der Waals surface area contributed by atoms with E-state index in [9.17, 15) is 10.2 Å². The molecule has 3 nitrogen and oxygen atoms in total. The van der Waals surface area contributed by atoms with Crippen molar-refractivity contribution in [2.45, 2.75) is 26.9 Å². The Bertz CT molecular complexity index is 381. The zero-order chi connectivity index (χ0) is 12.1. The highest BCUT2D eigenvalue weighted by Crippen LogP contribution is 2.27. The van der Waals surface area contributed by atoms with Crippen LogP contribution < -0.4 is 4.74 Å². The van der Waals surface area contributed by atoms with Crippen molar-refractivity contribution >= 4 is 6.08 Å². The minimum absolute atomic E-state index is 0.133. The summed E-state index contributed by atoms with van der Waals surface area (Å²) in [6.07, 6.45) is 1.40. The van der Waals surface area contributed by atoms with E-state index in [1.807, 2.05) is 19.9 Å². The Labute approximate surface area is 96.0 Å². The molecule has 0 aliphatic carbocycles. The molecule has 16 heavy (non-hydrogen) atoms. The van der Waals surface area contributed by atoms with E-state index in [-0.39, 0.29) is 5.75 Å². The van der Waals surface area contributed by atoms with Crippen molar-refractivity contribution in [2.75, 3.05) is 6.61 Å². The molecule has 1 aromatic carbocycles. The van der Waals surface area contributed by atoms with Crippen LogP contribution in [0.1, 0.15) is 26.3 Å². The van der Waals surface area contributed by atoms with Gasteiger partial charge in [-0.05, 0) is 44.0 Å². The third kappa shape index (κ3) is 3.28. The number of aromatic hydroxyl groups is 1. The Morgan fingerprint density at radius 1 is 1.50 bits per heavy atom. The second kappa shape index (κ2) is 5.56. The topological polar surface area (TPSA) is 49.7 Å². The van der Waals surface area contributed by atoms with E-state index in [1.54, 1.807) is 25.1 Å². The second-order valence-corrected chi connectivity index (χ2v) is 3.72. The van der Waals surface area contributed by atoms with Gasteiger partial charge in [0.05, 0.1) is 12.7 Å². The smallest absolute Gasteiger partial charge is 0.161 e. The molecular weight excluding hydrogens is 204 g/mol. The summed E-state index contributed by atoms with van der Waals surface area (Å²) in [5.74, 6) is 0.600. The lowest BCUT2D eigenvalue weighted by Crippen LogP contribution is -2.00. The molecule has 0 aromatic heterocycles. The number of hydrogen-bond acceptors (Lipinski definition) is 3. The van der Waals surface area contributed by atoms with E-state index in [0.29, 0.717) is 12.4 Å². The van der Waals surface area contributed by atoms with Crippen molar-refractivity contribution in [3.05, 3.63) is 29.3 Å². The van der Waals surface area contributed by atoms with Crippen LogP contribution in [0.2, 0.25) is 0 Å². The summed E-state index contributed by atoms with van der Waals surface area (Å²) in [5.41, 5.74) is 1.77. The van der Waals surface area contributed by atoms with Gasteiger partial charge in [-0.15, -0.1) is 0 Å². The summed E-state index contributed by atoms with van der Waals surface area (Å²) < 4.78 is 5.28. The maximum absolute atomic E-state index is 9.51. The normalized spacial score (nSPS) is 13.6. The summed E-state index contributed by atoms with van der Waals surface area (Å²) in [7, 11) is 0. The average Bonchev–Trinajstić information content (AvgIpc) is 2.23. The first kappa shape index (κ1) is 12.6. The number of benzene rings is 1. The molecule has 3 heteroatoms. The fraction of sp³-hybridized carbons (Fsp3) is 0.385. The van der Waals surface area contributed by atoms with E-state index in [4.69, 9.17) is 4.74 Å². The first-order chi connectivity index (χ1) is 7.54. The van der Waals surface area contributed by atoms with Crippen LogP contribution in [0.25, 0.3) is 6.08 Å². The molecule has 0 saturated carbocycles. The Balaban J connectivity index is 2.99.